The van der Waals surface area contributed by atoms with Crippen molar-refractivity contribution in [2.75, 3.05) is 13.2 Å². The van der Waals surface area contributed by atoms with Crippen molar-refractivity contribution in [3.63, 3.8) is 0 Å². The first kappa shape index (κ1) is 74.6. The molecule has 0 aliphatic heterocycles. The van der Waals surface area contributed by atoms with Crippen LogP contribution in [0.4, 0.5) is 0 Å². The highest BCUT2D eigenvalue weighted by Crippen LogP contribution is 2.46. The van der Waals surface area contributed by atoms with Crippen molar-refractivity contribution in [1.29, 1.82) is 0 Å². The fraction of sp³-hybridized carbons (Fsp3) is 0.512. The van der Waals surface area contributed by atoms with E-state index in [1.165, 1.54) is 89.9 Å². The van der Waals surface area contributed by atoms with Gasteiger partial charge in [0.15, 0.2) is 0 Å². The average Bonchev–Trinajstić information content (AvgIpc) is 0.739. The van der Waals surface area contributed by atoms with Crippen molar-refractivity contribution in [3.05, 3.63) is 152 Å². The van der Waals surface area contributed by atoms with Crippen LogP contribution in [0.3, 0.4) is 0 Å². The standard InChI is InChI=1S/C86H114O8/c1-15-17-19-21-23-25-27-29-31-33-43-93-81-65(55-87)45-59(46-66(81)56-88)35-39-69-70-41-37-61(63-51-75(83(3,4)5)79(91)76(52-63)84(6,7)8)49-73(70)72(74-50-62(38-42-71(69)74)64-53-77(85(9,10)11)80(92)78(54-64)86(12,13)14)40-36-60-47-67(57-89)82(68(48-60)58-90)94-44-34-32-30-28-26-24-22-20-18-16-2/h37-38,41-42,45-54,87-92H,15-34,43-44,55-58H2,1-14H3. The van der Waals surface area contributed by atoms with Crippen LogP contribution in [0.15, 0.2) is 84.9 Å². The van der Waals surface area contributed by atoms with Gasteiger partial charge in [0.25, 0.3) is 0 Å². The Bertz CT molecular complexity index is 3530. The van der Waals surface area contributed by atoms with E-state index < -0.39 is 0 Å². The Labute approximate surface area is 566 Å². The number of hydrogen-bond donors (Lipinski definition) is 6. The third-order valence-corrected chi connectivity index (χ3v) is 18.6. The van der Waals surface area contributed by atoms with Gasteiger partial charge in [-0.25, -0.2) is 0 Å². The summed E-state index contributed by atoms with van der Waals surface area (Å²) in [5.41, 5.74) is 10.6. The summed E-state index contributed by atoms with van der Waals surface area (Å²) in [7, 11) is 0. The molecule has 7 rings (SSSR count). The van der Waals surface area contributed by atoms with Crippen LogP contribution < -0.4 is 9.47 Å². The summed E-state index contributed by atoms with van der Waals surface area (Å²) in [5, 5.41) is 70.9. The van der Waals surface area contributed by atoms with E-state index in [0.717, 1.165) is 116 Å². The lowest BCUT2D eigenvalue weighted by Gasteiger charge is -2.28. The van der Waals surface area contributed by atoms with Gasteiger partial charge in [0.05, 0.1) is 39.6 Å². The molecule has 0 aliphatic rings. The summed E-state index contributed by atoms with van der Waals surface area (Å²) in [5.74, 6) is 16.0. The second-order valence-electron chi connectivity index (χ2n) is 30.6. The first-order chi connectivity index (χ1) is 44.8. The summed E-state index contributed by atoms with van der Waals surface area (Å²) in [6.45, 7) is 29.8. The number of aliphatic hydroxyl groups is 4. The molecule has 0 fully saturated rings. The normalized spacial score (nSPS) is 12.1. The minimum Gasteiger partial charge on any atom is -0.507 e. The predicted molar refractivity (Wildman–Crippen MR) is 394 cm³/mol. The number of ether oxygens (including phenoxy) is 2. The van der Waals surface area contributed by atoms with Crippen LogP contribution in [0.25, 0.3) is 43.8 Å². The summed E-state index contributed by atoms with van der Waals surface area (Å²) in [6.07, 6.45) is 24.2. The van der Waals surface area contributed by atoms with Crippen molar-refractivity contribution in [2.45, 2.75) is 273 Å². The van der Waals surface area contributed by atoms with E-state index in [4.69, 9.17) is 9.47 Å². The van der Waals surface area contributed by atoms with E-state index in [-0.39, 0.29) is 48.1 Å². The minimum atomic E-state index is -0.381. The largest absolute Gasteiger partial charge is 0.507 e. The summed E-state index contributed by atoms with van der Waals surface area (Å²) >= 11 is 0. The molecule has 8 nitrogen and oxygen atoms in total. The van der Waals surface area contributed by atoms with Gasteiger partial charge in [0.1, 0.15) is 23.0 Å². The Kier molecular flexibility index (Phi) is 27.2. The van der Waals surface area contributed by atoms with Gasteiger partial charge >= 0.3 is 0 Å². The van der Waals surface area contributed by atoms with Crippen LogP contribution in [-0.2, 0) is 48.1 Å². The zero-order valence-corrected chi connectivity index (χ0v) is 60.0. The third-order valence-electron chi connectivity index (χ3n) is 18.6. The topological polar surface area (TPSA) is 140 Å². The molecule has 0 bridgehead atoms. The Morgan fingerprint density at radius 1 is 0.309 bits per heavy atom. The second-order valence-corrected chi connectivity index (χ2v) is 30.6. The minimum absolute atomic E-state index is 0.286. The molecule has 6 N–H and O–H groups in total. The number of hydrogen-bond acceptors (Lipinski definition) is 8. The molecule has 8 heteroatoms. The summed E-state index contributed by atoms with van der Waals surface area (Å²) in [4.78, 5) is 0. The van der Waals surface area contributed by atoms with E-state index in [2.05, 4.69) is 181 Å². The van der Waals surface area contributed by atoms with Crippen molar-refractivity contribution < 1.29 is 40.1 Å². The lowest BCUT2D eigenvalue weighted by Crippen LogP contribution is -2.17. The molecule has 0 amide bonds. The van der Waals surface area contributed by atoms with Gasteiger partial charge in [0, 0.05) is 66.8 Å². The number of phenols is 2. The molecule has 0 unspecified atom stereocenters. The van der Waals surface area contributed by atoms with Gasteiger partial charge < -0.3 is 40.1 Å². The van der Waals surface area contributed by atoms with Gasteiger partial charge in [-0.2, -0.15) is 0 Å². The van der Waals surface area contributed by atoms with Crippen LogP contribution in [-0.4, -0.2) is 43.9 Å². The molecular weight excluding hydrogens is 1160 g/mol. The number of aliphatic hydroxyl groups excluding tert-OH is 4. The monoisotopic (exact) mass is 1270 g/mol. The number of rotatable bonds is 30. The van der Waals surface area contributed by atoms with Gasteiger partial charge in [-0.3, -0.25) is 0 Å². The molecule has 506 valence electrons. The average molecular weight is 1280 g/mol. The lowest BCUT2D eigenvalue weighted by atomic mass is 9.77. The zero-order chi connectivity index (χ0) is 68.4. The van der Waals surface area contributed by atoms with E-state index >= 15 is 0 Å². The number of phenolic OH excluding ortho intramolecular Hbond substituents is 2. The number of benzene rings is 7. The molecule has 7 aromatic carbocycles. The van der Waals surface area contributed by atoms with Crippen LogP contribution in [0.2, 0.25) is 0 Å². The van der Waals surface area contributed by atoms with E-state index in [9.17, 15) is 30.6 Å². The Hall–Kier alpha value is -6.78. The molecule has 0 saturated heterocycles. The van der Waals surface area contributed by atoms with Gasteiger partial charge in [-0.1, -0.05) is 260 Å². The molecule has 0 radical (unpaired) electrons. The molecule has 0 heterocycles. The number of fused-ring (bicyclic) bond motifs is 2. The molecule has 7 aromatic rings. The molecule has 94 heavy (non-hydrogen) atoms. The van der Waals surface area contributed by atoms with Gasteiger partial charge in [0.2, 0.25) is 0 Å². The van der Waals surface area contributed by atoms with Gasteiger partial charge in [-0.15, -0.1) is 0 Å². The second kappa shape index (κ2) is 34.2. The number of unbranched alkanes of at least 4 members (excludes halogenated alkanes) is 18. The highest BCUT2D eigenvalue weighted by molar-refractivity contribution is 6.12. The van der Waals surface area contributed by atoms with E-state index in [1.807, 2.05) is 24.3 Å². The van der Waals surface area contributed by atoms with Crippen molar-refractivity contribution in [3.8, 4) is 68.9 Å². The van der Waals surface area contributed by atoms with Crippen LogP contribution in [0.1, 0.15) is 292 Å². The van der Waals surface area contributed by atoms with Crippen LogP contribution in [0, 0.1) is 23.7 Å². The maximum absolute atomic E-state index is 12.0. The SMILES string of the molecule is CCCCCCCCCCCCOc1c(CO)cc(C#Cc2c3ccc(-c4cc(C(C)(C)C)c(O)c(C(C)(C)C)c4)cc3c(C#Cc3cc(CO)c(OCCCCCCCCCCCC)c(CO)c3)c3cc(-c4cc(C(C)(C)C)c(O)c(C(C)(C)C)c4)ccc23)cc1CO. The first-order valence-corrected chi connectivity index (χ1v) is 35.6. The predicted octanol–water partition coefficient (Wildman–Crippen LogP) is 21.3. The smallest absolute Gasteiger partial charge is 0.130 e. The van der Waals surface area contributed by atoms with Crippen molar-refractivity contribution >= 4 is 21.5 Å². The number of aromatic hydroxyl groups is 2. The Morgan fingerprint density at radius 3 is 0.840 bits per heavy atom. The molecule has 0 aliphatic carbocycles. The Balaban J connectivity index is 1.43. The lowest BCUT2D eigenvalue weighted by molar-refractivity contribution is 0.243. The maximum Gasteiger partial charge on any atom is 0.130 e. The highest BCUT2D eigenvalue weighted by Gasteiger charge is 2.29. The summed E-state index contributed by atoms with van der Waals surface area (Å²) in [6, 6.07) is 28.8. The van der Waals surface area contributed by atoms with Crippen molar-refractivity contribution in [2.24, 2.45) is 0 Å². The molecule has 0 spiro atoms. The molecule has 0 atom stereocenters. The first-order valence-electron chi connectivity index (χ1n) is 35.6. The van der Waals surface area contributed by atoms with Crippen LogP contribution in [0.5, 0.6) is 23.0 Å². The zero-order valence-electron chi connectivity index (χ0n) is 60.0. The highest BCUT2D eigenvalue weighted by atomic mass is 16.5. The van der Waals surface area contributed by atoms with Crippen molar-refractivity contribution in [1.82, 2.24) is 0 Å². The molecular formula is C86H114O8. The van der Waals surface area contributed by atoms with Gasteiger partial charge in [-0.05, 0) is 139 Å². The van der Waals surface area contributed by atoms with E-state index in [0.29, 0.717) is 69.6 Å². The molecule has 0 aromatic heterocycles. The fourth-order valence-corrected chi connectivity index (χ4v) is 13.0. The maximum atomic E-state index is 12.0. The summed E-state index contributed by atoms with van der Waals surface area (Å²) < 4.78 is 12.8. The third kappa shape index (κ3) is 19.7. The molecule has 0 saturated carbocycles. The quantitative estimate of drug-likeness (QED) is 0.0149. The Morgan fingerprint density at radius 2 is 0.574 bits per heavy atom. The fourth-order valence-electron chi connectivity index (χ4n) is 13.0. The van der Waals surface area contributed by atoms with E-state index in [1.54, 1.807) is 0 Å². The van der Waals surface area contributed by atoms with Crippen LogP contribution >= 0.6 is 0 Å².